The van der Waals surface area contributed by atoms with E-state index < -0.39 is 0 Å². The Balaban J connectivity index is 3.61. The second-order valence-electron chi connectivity index (χ2n) is 3.92. The zero-order valence-corrected chi connectivity index (χ0v) is 8.48. The van der Waals surface area contributed by atoms with Crippen LogP contribution in [0.25, 0.3) is 0 Å². The van der Waals surface area contributed by atoms with Crippen molar-refractivity contribution in [3.05, 3.63) is 12.2 Å². The summed E-state index contributed by atoms with van der Waals surface area (Å²) in [6.45, 7) is 13.0. The molecule has 0 bridgehead atoms. The molecule has 0 saturated carbocycles. The Morgan fingerprint density at radius 2 is 1.82 bits per heavy atom. The standard InChI is InChI=1S/C11H22/c1-6-11(10(4)5)8-7-9(2)3/h9,11H,4,6-8H2,1-3,5H3. The van der Waals surface area contributed by atoms with Crippen LogP contribution in [0.1, 0.15) is 47.0 Å². The summed E-state index contributed by atoms with van der Waals surface area (Å²) in [5.74, 6) is 1.60. The second kappa shape index (κ2) is 5.40. The van der Waals surface area contributed by atoms with Gasteiger partial charge in [-0.1, -0.05) is 39.3 Å². The molecule has 1 atom stereocenters. The Morgan fingerprint density at radius 3 is 2.09 bits per heavy atom. The summed E-state index contributed by atoms with van der Waals surface area (Å²) in [6.07, 6.45) is 3.91. The van der Waals surface area contributed by atoms with E-state index in [1.165, 1.54) is 24.8 Å². The van der Waals surface area contributed by atoms with Crippen molar-refractivity contribution in [2.24, 2.45) is 11.8 Å². The predicted molar refractivity (Wildman–Crippen MR) is 52.7 cm³/mol. The highest BCUT2D eigenvalue weighted by Crippen LogP contribution is 2.21. The van der Waals surface area contributed by atoms with Crippen LogP contribution >= 0.6 is 0 Å². The van der Waals surface area contributed by atoms with Gasteiger partial charge in [0.15, 0.2) is 0 Å². The molecule has 1 unspecified atom stereocenters. The number of hydrogen-bond donors (Lipinski definition) is 0. The summed E-state index contributed by atoms with van der Waals surface area (Å²) < 4.78 is 0. The van der Waals surface area contributed by atoms with Gasteiger partial charge < -0.3 is 0 Å². The zero-order valence-electron chi connectivity index (χ0n) is 8.48. The van der Waals surface area contributed by atoms with Crippen LogP contribution < -0.4 is 0 Å². The van der Waals surface area contributed by atoms with Gasteiger partial charge in [0.05, 0.1) is 0 Å². The first-order valence-electron chi connectivity index (χ1n) is 4.73. The normalized spacial score (nSPS) is 13.5. The van der Waals surface area contributed by atoms with Crippen LogP contribution in [-0.2, 0) is 0 Å². The van der Waals surface area contributed by atoms with Crippen molar-refractivity contribution in [3.63, 3.8) is 0 Å². The molecule has 0 rings (SSSR count). The summed E-state index contributed by atoms with van der Waals surface area (Å²) in [5, 5.41) is 0. The van der Waals surface area contributed by atoms with E-state index in [1.54, 1.807) is 0 Å². The average molecular weight is 154 g/mol. The van der Waals surface area contributed by atoms with E-state index in [4.69, 9.17) is 0 Å². The highest BCUT2D eigenvalue weighted by atomic mass is 14.1. The van der Waals surface area contributed by atoms with E-state index in [2.05, 4.69) is 34.3 Å². The van der Waals surface area contributed by atoms with E-state index in [0.29, 0.717) is 0 Å². The summed E-state index contributed by atoms with van der Waals surface area (Å²) in [5.41, 5.74) is 1.35. The van der Waals surface area contributed by atoms with E-state index in [-0.39, 0.29) is 0 Å². The van der Waals surface area contributed by atoms with E-state index in [1.807, 2.05) is 0 Å². The maximum Gasteiger partial charge on any atom is -0.0211 e. The van der Waals surface area contributed by atoms with Crippen molar-refractivity contribution in [3.8, 4) is 0 Å². The van der Waals surface area contributed by atoms with Crippen LogP contribution in [0, 0.1) is 11.8 Å². The molecular formula is C11H22. The third-order valence-corrected chi connectivity index (χ3v) is 2.28. The van der Waals surface area contributed by atoms with Gasteiger partial charge in [-0.05, 0) is 31.6 Å². The van der Waals surface area contributed by atoms with Gasteiger partial charge in [-0.3, -0.25) is 0 Å². The van der Waals surface area contributed by atoms with Gasteiger partial charge in [-0.15, -0.1) is 0 Å². The quantitative estimate of drug-likeness (QED) is 0.524. The molecule has 0 saturated heterocycles. The van der Waals surface area contributed by atoms with Gasteiger partial charge in [-0.2, -0.15) is 0 Å². The molecule has 0 aromatic carbocycles. The molecule has 0 radical (unpaired) electrons. The fraction of sp³-hybridized carbons (Fsp3) is 0.818. The molecule has 0 fully saturated rings. The average Bonchev–Trinajstić information content (AvgIpc) is 1.87. The predicted octanol–water partition coefficient (Wildman–Crippen LogP) is 4.02. The minimum atomic E-state index is 0.761. The SMILES string of the molecule is C=C(C)C(CC)CCC(C)C. The third kappa shape index (κ3) is 5.06. The molecular weight excluding hydrogens is 132 g/mol. The summed E-state index contributed by atoms with van der Waals surface area (Å²) >= 11 is 0. The van der Waals surface area contributed by atoms with Gasteiger partial charge in [-0.25, -0.2) is 0 Å². The zero-order chi connectivity index (χ0) is 8.85. The lowest BCUT2D eigenvalue weighted by Gasteiger charge is -2.15. The Morgan fingerprint density at radius 1 is 1.27 bits per heavy atom. The molecule has 11 heavy (non-hydrogen) atoms. The van der Waals surface area contributed by atoms with Gasteiger partial charge in [0.1, 0.15) is 0 Å². The first kappa shape index (κ1) is 10.7. The Kier molecular flexibility index (Phi) is 5.27. The molecule has 0 amide bonds. The molecule has 0 heterocycles. The Bertz CT molecular complexity index is 111. The summed E-state index contributed by atoms with van der Waals surface area (Å²) in [6, 6.07) is 0. The van der Waals surface area contributed by atoms with Gasteiger partial charge in [0, 0.05) is 0 Å². The lowest BCUT2D eigenvalue weighted by molar-refractivity contribution is 0.458. The molecule has 0 aromatic rings. The van der Waals surface area contributed by atoms with Crippen LogP contribution in [0.15, 0.2) is 12.2 Å². The molecule has 0 spiro atoms. The van der Waals surface area contributed by atoms with Crippen LogP contribution in [0.2, 0.25) is 0 Å². The van der Waals surface area contributed by atoms with Gasteiger partial charge in [0.2, 0.25) is 0 Å². The molecule has 0 N–H and O–H groups in total. The molecule has 0 aromatic heterocycles. The van der Waals surface area contributed by atoms with Crippen LogP contribution in [0.5, 0.6) is 0 Å². The maximum absolute atomic E-state index is 4.00. The Labute approximate surface area is 71.7 Å². The van der Waals surface area contributed by atoms with Crippen molar-refractivity contribution >= 4 is 0 Å². The highest BCUT2D eigenvalue weighted by molar-refractivity contribution is 4.95. The number of allylic oxidation sites excluding steroid dienone is 1. The van der Waals surface area contributed by atoms with Crippen molar-refractivity contribution in [1.29, 1.82) is 0 Å². The number of hydrogen-bond acceptors (Lipinski definition) is 0. The first-order valence-corrected chi connectivity index (χ1v) is 4.73. The highest BCUT2D eigenvalue weighted by Gasteiger charge is 2.06. The molecule has 0 nitrogen and oxygen atoms in total. The lowest BCUT2D eigenvalue weighted by Crippen LogP contribution is -2.01. The van der Waals surface area contributed by atoms with Crippen molar-refractivity contribution in [2.75, 3.05) is 0 Å². The smallest absolute Gasteiger partial charge is 0.0211 e. The molecule has 0 heteroatoms. The van der Waals surface area contributed by atoms with Crippen LogP contribution in [-0.4, -0.2) is 0 Å². The maximum atomic E-state index is 4.00. The number of rotatable bonds is 5. The van der Waals surface area contributed by atoms with E-state index >= 15 is 0 Å². The minimum Gasteiger partial charge on any atom is -0.0999 e. The van der Waals surface area contributed by atoms with Crippen molar-refractivity contribution < 1.29 is 0 Å². The largest absolute Gasteiger partial charge is 0.0999 e. The topological polar surface area (TPSA) is 0 Å². The molecule has 0 aliphatic heterocycles. The fourth-order valence-electron chi connectivity index (χ4n) is 1.33. The van der Waals surface area contributed by atoms with Crippen LogP contribution in [0.4, 0.5) is 0 Å². The fourth-order valence-corrected chi connectivity index (χ4v) is 1.33. The van der Waals surface area contributed by atoms with E-state index in [9.17, 15) is 0 Å². The molecule has 0 aliphatic carbocycles. The van der Waals surface area contributed by atoms with Gasteiger partial charge >= 0.3 is 0 Å². The van der Waals surface area contributed by atoms with E-state index in [0.717, 1.165) is 11.8 Å². The Hall–Kier alpha value is -0.260. The summed E-state index contributed by atoms with van der Waals surface area (Å²) in [7, 11) is 0. The van der Waals surface area contributed by atoms with Crippen LogP contribution in [0.3, 0.4) is 0 Å². The molecule has 0 aliphatic rings. The third-order valence-electron chi connectivity index (χ3n) is 2.28. The van der Waals surface area contributed by atoms with Crippen molar-refractivity contribution in [2.45, 2.75) is 47.0 Å². The lowest BCUT2D eigenvalue weighted by atomic mass is 9.91. The molecule has 66 valence electrons. The second-order valence-corrected chi connectivity index (χ2v) is 3.92. The van der Waals surface area contributed by atoms with Crippen molar-refractivity contribution in [1.82, 2.24) is 0 Å². The monoisotopic (exact) mass is 154 g/mol. The summed E-state index contributed by atoms with van der Waals surface area (Å²) in [4.78, 5) is 0. The first-order chi connectivity index (χ1) is 5.07. The van der Waals surface area contributed by atoms with Gasteiger partial charge in [0.25, 0.3) is 0 Å². The minimum absolute atomic E-state index is 0.761.